The van der Waals surface area contributed by atoms with Gasteiger partial charge >= 0.3 is 0 Å². The molecule has 2 aromatic rings. The molecular weight excluding hydrogens is 364 g/mol. The zero-order valence-electron chi connectivity index (χ0n) is 17.6. The molecule has 1 fully saturated rings. The van der Waals surface area contributed by atoms with Crippen molar-refractivity contribution in [2.75, 3.05) is 38.8 Å². The number of benzene rings is 2. The van der Waals surface area contributed by atoms with Crippen LogP contribution in [0.25, 0.3) is 0 Å². The first-order valence-corrected chi connectivity index (χ1v) is 10.3. The molecule has 156 valence electrons. The molecule has 0 unspecified atom stereocenters. The van der Waals surface area contributed by atoms with Gasteiger partial charge in [-0.25, -0.2) is 0 Å². The second kappa shape index (κ2) is 10.6. The molecule has 0 spiro atoms. The molecule has 0 radical (unpaired) electrons. The quantitative estimate of drug-likeness (QED) is 0.555. The van der Waals surface area contributed by atoms with Crippen molar-refractivity contribution in [1.29, 1.82) is 0 Å². The molecule has 1 saturated heterocycles. The summed E-state index contributed by atoms with van der Waals surface area (Å²) in [6.07, 6.45) is 2.18. The number of nitrogens with one attached hydrogen (secondary N) is 2. The van der Waals surface area contributed by atoms with Gasteiger partial charge in [0.1, 0.15) is 0 Å². The predicted octanol–water partition coefficient (Wildman–Crippen LogP) is 3.43. The van der Waals surface area contributed by atoms with E-state index in [4.69, 9.17) is 9.47 Å². The van der Waals surface area contributed by atoms with Gasteiger partial charge in [-0.15, -0.1) is 0 Å². The van der Waals surface area contributed by atoms with E-state index in [1.807, 2.05) is 32.2 Å². The third-order valence-corrected chi connectivity index (χ3v) is 5.17. The first kappa shape index (κ1) is 20.8. The van der Waals surface area contributed by atoms with Gasteiger partial charge in [0.05, 0.1) is 13.7 Å². The Labute approximate surface area is 173 Å². The molecule has 29 heavy (non-hydrogen) atoms. The Kier molecular flexibility index (Phi) is 7.61. The number of rotatable bonds is 7. The summed E-state index contributed by atoms with van der Waals surface area (Å²) in [4.78, 5) is 6.84. The normalized spacial score (nSPS) is 15.1. The highest BCUT2D eigenvalue weighted by molar-refractivity contribution is 5.80. The van der Waals surface area contributed by atoms with E-state index in [0.717, 1.165) is 49.0 Å². The van der Waals surface area contributed by atoms with Gasteiger partial charge < -0.3 is 25.0 Å². The maximum Gasteiger partial charge on any atom is 0.191 e. The van der Waals surface area contributed by atoms with Crippen molar-refractivity contribution in [3.05, 3.63) is 54.1 Å². The lowest BCUT2D eigenvalue weighted by molar-refractivity contribution is 0.310. The number of methoxy groups -OCH3 is 1. The van der Waals surface area contributed by atoms with E-state index >= 15 is 0 Å². The van der Waals surface area contributed by atoms with E-state index in [9.17, 15) is 0 Å². The van der Waals surface area contributed by atoms with Gasteiger partial charge in [-0.3, -0.25) is 4.99 Å². The molecule has 0 saturated carbocycles. The molecule has 1 heterocycles. The minimum atomic E-state index is 0.427. The average molecular weight is 397 g/mol. The van der Waals surface area contributed by atoms with Crippen LogP contribution in [0.3, 0.4) is 0 Å². The fourth-order valence-electron chi connectivity index (χ4n) is 3.59. The Bertz CT molecular complexity index is 787. The number of ether oxygens (including phenoxy) is 2. The number of guanidine groups is 1. The molecule has 1 aliphatic heterocycles. The Hall–Kier alpha value is -2.89. The molecule has 6 nitrogen and oxygen atoms in total. The molecule has 2 N–H and O–H groups in total. The Morgan fingerprint density at radius 2 is 1.86 bits per heavy atom. The standard InChI is InChI=1S/C23H32N4O2/c1-4-29-22-16-18(10-11-21(22)28-3)17-25-23(24-2)26-19-12-14-27(15-13-19)20-8-6-5-7-9-20/h5-11,16,19H,4,12-15,17H2,1-3H3,(H2,24,25,26). The monoisotopic (exact) mass is 396 g/mol. The van der Waals surface area contributed by atoms with Crippen molar-refractivity contribution < 1.29 is 9.47 Å². The minimum Gasteiger partial charge on any atom is -0.493 e. The molecule has 0 atom stereocenters. The summed E-state index contributed by atoms with van der Waals surface area (Å²) in [5, 5.41) is 6.98. The minimum absolute atomic E-state index is 0.427. The van der Waals surface area contributed by atoms with E-state index in [0.29, 0.717) is 19.2 Å². The number of piperidine rings is 1. The van der Waals surface area contributed by atoms with Crippen molar-refractivity contribution in [2.45, 2.75) is 32.4 Å². The first-order valence-electron chi connectivity index (χ1n) is 10.3. The van der Waals surface area contributed by atoms with Crippen LogP contribution in [0, 0.1) is 0 Å². The summed E-state index contributed by atoms with van der Waals surface area (Å²) >= 11 is 0. The van der Waals surface area contributed by atoms with Crippen LogP contribution in [0.4, 0.5) is 5.69 Å². The lowest BCUT2D eigenvalue weighted by Gasteiger charge is -2.34. The number of hydrogen-bond donors (Lipinski definition) is 2. The third-order valence-electron chi connectivity index (χ3n) is 5.17. The number of anilines is 1. The molecule has 6 heteroatoms. The SMILES string of the molecule is CCOc1cc(CNC(=NC)NC2CCN(c3ccccc3)CC2)ccc1OC. The number of hydrogen-bond acceptors (Lipinski definition) is 4. The van der Waals surface area contributed by atoms with Gasteiger partial charge in [-0.1, -0.05) is 24.3 Å². The second-order valence-electron chi connectivity index (χ2n) is 7.09. The fraction of sp³-hybridized carbons (Fsp3) is 0.435. The summed E-state index contributed by atoms with van der Waals surface area (Å²) in [7, 11) is 3.47. The second-order valence-corrected chi connectivity index (χ2v) is 7.09. The van der Waals surface area contributed by atoms with Gasteiger partial charge in [-0.05, 0) is 49.6 Å². The highest BCUT2D eigenvalue weighted by Crippen LogP contribution is 2.28. The van der Waals surface area contributed by atoms with Crippen molar-refractivity contribution in [1.82, 2.24) is 10.6 Å². The zero-order valence-corrected chi connectivity index (χ0v) is 17.6. The van der Waals surface area contributed by atoms with Gasteiger partial charge in [0, 0.05) is 38.4 Å². The van der Waals surface area contributed by atoms with Gasteiger partial charge in [0.15, 0.2) is 17.5 Å². The summed E-state index contributed by atoms with van der Waals surface area (Å²) < 4.78 is 11.0. The molecule has 0 amide bonds. The maximum atomic E-state index is 5.67. The van der Waals surface area contributed by atoms with Crippen molar-refractivity contribution in [3.63, 3.8) is 0 Å². The Balaban J connectivity index is 1.49. The van der Waals surface area contributed by atoms with E-state index in [1.165, 1.54) is 5.69 Å². The van der Waals surface area contributed by atoms with Crippen LogP contribution in [-0.2, 0) is 6.54 Å². The van der Waals surface area contributed by atoms with Crippen LogP contribution in [0.5, 0.6) is 11.5 Å². The number of aliphatic imine (C=N–C) groups is 1. The largest absolute Gasteiger partial charge is 0.493 e. The highest BCUT2D eigenvalue weighted by atomic mass is 16.5. The zero-order chi connectivity index (χ0) is 20.5. The van der Waals surface area contributed by atoms with Crippen molar-refractivity contribution >= 4 is 11.6 Å². The van der Waals surface area contributed by atoms with E-state index in [2.05, 4.69) is 50.9 Å². The van der Waals surface area contributed by atoms with Crippen LogP contribution in [0.1, 0.15) is 25.3 Å². The maximum absolute atomic E-state index is 5.67. The lowest BCUT2D eigenvalue weighted by atomic mass is 10.0. The van der Waals surface area contributed by atoms with Gasteiger partial charge in [0.25, 0.3) is 0 Å². The Morgan fingerprint density at radius 3 is 2.52 bits per heavy atom. The first-order chi connectivity index (χ1) is 14.2. The lowest BCUT2D eigenvalue weighted by Crippen LogP contribution is -2.48. The highest BCUT2D eigenvalue weighted by Gasteiger charge is 2.20. The van der Waals surface area contributed by atoms with Crippen LogP contribution in [0.2, 0.25) is 0 Å². The number of nitrogens with zero attached hydrogens (tertiary/aromatic N) is 2. The van der Waals surface area contributed by atoms with Crippen LogP contribution in [0.15, 0.2) is 53.5 Å². The third kappa shape index (κ3) is 5.79. The van der Waals surface area contributed by atoms with Crippen LogP contribution in [-0.4, -0.2) is 45.9 Å². The summed E-state index contributed by atoms with van der Waals surface area (Å²) in [6, 6.07) is 17.0. The fourth-order valence-corrected chi connectivity index (χ4v) is 3.59. The molecule has 1 aliphatic rings. The van der Waals surface area contributed by atoms with Crippen molar-refractivity contribution in [2.24, 2.45) is 4.99 Å². The molecule has 0 aromatic heterocycles. The molecule has 3 rings (SSSR count). The molecular formula is C23H32N4O2. The molecule has 0 aliphatic carbocycles. The van der Waals surface area contributed by atoms with E-state index < -0.39 is 0 Å². The average Bonchev–Trinajstić information content (AvgIpc) is 2.78. The molecule has 2 aromatic carbocycles. The van der Waals surface area contributed by atoms with Gasteiger partial charge in [-0.2, -0.15) is 0 Å². The van der Waals surface area contributed by atoms with E-state index in [-0.39, 0.29) is 0 Å². The summed E-state index contributed by atoms with van der Waals surface area (Å²) in [6.45, 7) is 5.35. The Morgan fingerprint density at radius 1 is 1.10 bits per heavy atom. The van der Waals surface area contributed by atoms with Gasteiger partial charge in [0.2, 0.25) is 0 Å². The predicted molar refractivity (Wildman–Crippen MR) is 119 cm³/mol. The molecule has 0 bridgehead atoms. The topological polar surface area (TPSA) is 58.1 Å². The van der Waals surface area contributed by atoms with Crippen LogP contribution < -0.4 is 25.0 Å². The smallest absolute Gasteiger partial charge is 0.191 e. The number of para-hydroxylation sites is 1. The van der Waals surface area contributed by atoms with Crippen LogP contribution >= 0.6 is 0 Å². The summed E-state index contributed by atoms with van der Waals surface area (Å²) in [5.74, 6) is 2.35. The van der Waals surface area contributed by atoms with Crippen molar-refractivity contribution in [3.8, 4) is 11.5 Å². The van der Waals surface area contributed by atoms with E-state index in [1.54, 1.807) is 7.11 Å². The summed E-state index contributed by atoms with van der Waals surface area (Å²) in [5.41, 5.74) is 2.43.